The topological polar surface area (TPSA) is 86.1 Å². The zero-order chi connectivity index (χ0) is 22.8. The largest absolute Gasteiger partial charge is 0.495 e. The predicted molar refractivity (Wildman–Crippen MR) is 131 cm³/mol. The Morgan fingerprint density at radius 3 is 2.88 bits per heavy atom. The number of thioether (sulfide) groups is 1. The van der Waals surface area contributed by atoms with Crippen LogP contribution in [-0.4, -0.2) is 33.3 Å². The van der Waals surface area contributed by atoms with E-state index in [0.717, 1.165) is 15.8 Å². The molecule has 166 valence electrons. The van der Waals surface area contributed by atoms with Crippen LogP contribution in [0, 0.1) is 12.8 Å². The molecular formula is C23H24N4O3S2. The molecule has 0 bridgehead atoms. The SMILES string of the molecule is COc1ccc(C)cc1NC(=O)CSc1nc2c(sc3ncccc32)c(=O)n1CC(C)C. The van der Waals surface area contributed by atoms with Crippen molar-refractivity contribution in [1.29, 1.82) is 0 Å². The molecule has 1 aromatic carbocycles. The number of aromatic nitrogens is 3. The number of nitrogens with zero attached hydrogens (tertiary/aromatic N) is 3. The number of aryl methyl sites for hydroxylation is 1. The van der Waals surface area contributed by atoms with Gasteiger partial charge < -0.3 is 10.1 Å². The van der Waals surface area contributed by atoms with Gasteiger partial charge >= 0.3 is 0 Å². The number of carbonyl (C=O) groups is 1. The summed E-state index contributed by atoms with van der Waals surface area (Å²) < 4.78 is 7.61. The molecular weight excluding hydrogens is 444 g/mol. The highest BCUT2D eigenvalue weighted by Crippen LogP contribution is 2.31. The molecule has 0 aliphatic rings. The monoisotopic (exact) mass is 468 g/mol. The fraction of sp³-hybridized carbons (Fsp3) is 0.304. The second kappa shape index (κ2) is 9.30. The number of hydrogen-bond acceptors (Lipinski definition) is 7. The first-order valence-corrected chi connectivity index (χ1v) is 12.0. The van der Waals surface area contributed by atoms with E-state index >= 15 is 0 Å². The molecule has 0 saturated heterocycles. The molecule has 0 fully saturated rings. The van der Waals surface area contributed by atoms with Crippen LogP contribution in [0.3, 0.4) is 0 Å². The van der Waals surface area contributed by atoms with Crippen molar-refractivity contribution in [2.75, 3.05) is 18.2 Å². The van der Waals surface area contributed by atoms with E-state index in [0.29, 0.717) is 33.4 Å². The summed E-state index contributed by atoms with van der Waals surface area (Å²) in [6.07, 6.45) is 1.71. The molecule has 0 atom stereocenters. The first-order chi connectivity index (χ1) is 15.4. The summed E-state index contributed by atoms with van der Waals surface area (Å²) in [4.78, 5) is 35.9. The summed E-state index contributed by atoms with van der Waals surface area (Å²) in [6.45, 7) is 6.58. The van der Waals surface area contributed by atoms with Crippen molar-refractivity contribution < 1.29 is 9.53 Å². The summed E-state index contributed by atoms with van der Waals surface area (Å²) in [6, 6.07) is 9.37. The van der Waals surface area contributed by atoms with Crippen LogP contribution in [0.15, 0.2) is 46.5 Å². The van der Waals surface area contributed by atoms with Crippen molar-refractivity contribution in [2.45, 2.75) is 32.5 Å². The van der Waals surface area contributed by atoms with Crippen LogP contribution >= 0.6 is 23.1 Å². The van der Waals surface area contributed by atoms with E-state index in [1.807, 2.05) is 51.1 Å². The van der Waals surface area contributed by atoms with E-state index in [1.54, 1.807) is 17.9 Å². The van der Waals surface area contributed by atoms with Gasteiger partial charge in [0.15, 0.2) is 5.16 Å². The Morgan fingerprint density at radius 2 is 2.12 bits per heavy atom. The predicted octanol–water partition coefficient (Wildman–Crippen LogP) is 4.71. The van der Waals surface area contributed by atoms with Crippen LogP contribution in [0.2, 0.25) is 0 Å². The van der Waals surface area contributed by atoms with Gasteiger partial charge in [-0.2, -0.15) is 0 Å². The number of ether oxygens (including phenoxy) is 1. The van der Waals surface area contributed by atoms with Gasteiger partial charge in [0.25, 0.3) is 5.56 Å². The quantitative estimate of drug-likeness (QED) is 0.312. The summed E-state index contributed by atoms with van der Waals surface area (Å²) in [7, 11) is 1.57. The number of rotatable bonds is 7. The number of benzene rings is 1. The number of nitrogens with one attached hydrogen (secondary N) is 1. The standard InChI is InChI=1S/C23H24N4O3S2/c1-13(2)11-27-22(29)20-19(15-6-5-9-24-21(15)32-20)26-23(27)31-12-18(28)25-16-10-14(3)7-8-17(16)30-4/h5-10,13H,11-12H2,1-4H3,(H,25,28). The minimum Gasteiger partial charge on any atom is -0.495 e. The van der Waals surface area contributed by atoms with Gasteiger partial charge in [-0.3, -0.25) is 14.2 Å². The summed E-state index contributed by atoms with van der Waals surface area (Å²) in [5.74, 6) is 0.779. The Bertz CT molecular complexity index is 1360. The minimum absolute atomic E-state index is 0.0880. The Kier molecular flexibility index (Phi) is 6.48. The number of amides is 1. The van der Waals surface area contributed by atoms with E-state index in [2.05, 4.69) is 10.3 Å². The summed E-state index contributed by atoms with van der Waals surface area (Å²) >= 11 is 2.62. The van der Waals surface area contributed by atoms with Crippen molar-refractivity contribution in [2.24, 2.45) is 5.92 Å². The van der Waals surface area contributed by atoms with E-state index in [4.69, 9.17) is 9.72 Å². The molecule has 3 heterocycles. The number of thiophene rings is 1. The Balaban J connectivity index is 1.65. The molecule has 0 aliphatic heterocycles. The van der Waals surface area contributed by atoms with Gasteiger partial charge in [-0.15, -0.1) is 11.3 Å². The van der Waals surface area contributed by atoms with Crippen molar-refractivity contribution in [3.8, 4) is 5.75 Å². The van der Waals surface area contributed by atoms with Crippen LogP contribution in [-0.2, 0) is 11.3 Å². The molecule has 4 rings (SSSR count). The molecule has 4 aromatic rings. The lowest BCUT2D eigenvalue weighted by atomic mass is 10.2. The van der Waals surface area contributed by atoms with Gasteiger partial charge in [-0.05, 0) is 42.7 Å². The first-order valence-electron chi connectivity index (χ1n) is 10.2. The van der Waals surface area contributed by atoms with Gasteiger partial charge in [0.05, 0.1) is 24.1 Å². The molecule has 3 aromatic heterocycles. The van der Waals surface area contributed by atoms with E-state index in [9.17, 15) is 9.59 Å². The van der Waals surface area contributed by atoms with Crippen LogP contribution in [0.1, 0.15) is 19.4 Å². The normalized spacial score (nSPS) is 11.4. The maximum Gasteiger partial charge on any atom is 0.272 e. The summed E-state index contributed by atoms with van der Waals surface area (Å²) in [5.41, 5.74) is 2.20. The number of methoxy groups -OCH3 is 1. The molecule has 1 N–H and O–H groups in total. The number of pyridine rings is 1. The fourth-order valence-corrected chi connectivity index (χ4v) is 5.25. The Labute approximate surface area is 193 Å². The molecule has 0 radical (unpaired) electrons. The number of fused-ring (bicyclic) bond motifs is 3. The third-order valence-corrected chi connectivity index (χ3v) is 6.89. The maximum absolute atomic E-state index is 13.3. The zero-order valence-corrected chi connectivity index (χ0v) is 20.0. The van der Waals surface area contributed by atoms with E-state index in [-0.39, 0.29) is 23.1 Å². The highest BCUT2D eigenvalue weighted by atomic mass is 32.2. The molecule has 0 aliphatic carbocycles. The van der Waals surface area contributed by atoms with Crippen LogP contribution < -0.4 is 15.6 Å². The van der Waals surface area contributed by atoms with E-state index < -0.39 is 0 Å². The molecule has 32 heavy (non-hydrogen) atoms. The minimum atomic E-state index is -0.193. The van der Waals surface area contributed by atoms with Crippen molar-refractivity contribution in [3.63, 3.8) is 0 Å². The third-order valence-electron chi connectivity index (χ3n) is 4.83. The Morgan fingerprint density at radius 1 is 1.31 bits per heavy atom. The Hall–Kier alpha value is -2.91. The molecule has 0 unspecified atom stereocenters. The maximum atomic E-state index is 13.3. The first kappa shape index (κ1) is 22.3. The van der Waals surface area contributed by atoms with Gasteiger partial charge in [0.2, 0.25) is 5.91 Å². The van der Waals surface area contributed by atoms with Crippen LogP contribution in [0.25, 0.3) is 20.4 Å². The lowest BCUT2D eigenvalue weighted by Crippen LogP contribution is -2.25. The lowest BCUT2D eigenvalue weighted by Gasteiger charge is -2.14. The average Bonchev–Trinajstić information content (AvgIpc) is 3.13. The van der Waals surface area contributed by atoms with Crippen molar-refractivity contribution in [3.05, 3.63) is 52.4 Å². The zero-order valence-electron chi connectivity index (χ0n) is 18.3. The number of carbonyl (C=O) groups excluding carboxylic acids is 1. The van der Waals surface area contributed by atoms with Crippen LogP contribution in [0.5, 0.6) is 5.75 Å². The smallest absolute Gasteiger partial charge is 0.272 e. The van der Waals surface area contributed by atoms with Crippen LogP contribution in [0.4, 0.5) is 5.69 Å². The van der Waals surface area contributed by atoms with Crippen molar-refractivity contribution >= 4 is 55.1 Å². The molecule has 0 spiro atoms. The molecule has 9 heteroatoms. The fourth-order valence-electron chi connectivity index (χ4n) is 3.41. The molecule has 7 nitrogen and oxygen atoms in total. The molecule has 1 amide bonds. The van der Waals surface area contributed by atoms with Gasteiger partial charge in [-0.25, -0.2) is 9.97 Å². The lowest BCUT2D eigenvalue weighted by molar-refractivity contribution is -0.113. The highest BCUT2D eigenvalue weighted by Gasteiger charge is 2.18. The van der Waals surface area contributed by atoms with Crippen molar-refractivity contribution in [1.82, 2.24) is 14.5 Å². The van der Waals surface area contributed by atoms with E-state index in [1.165, 1.54) is 23.1 Å². The highest BCUT2D eigenvalue weighted by molar-refractivity contribution is 7.99. The van der Waals surface area contributed by atoms with Gasteiger partial charge in [0, 0.05) is 18.1 Å². The average molecular weight is 469 g/mol. The molecule has 0 saturated carbocycles. The number of hydrogen-bond donors (Lipinski definition) is 1. The number of anilines is 1. The summed E-state index contributed by atoms with van der Waals surface area (Å²) in [5, 5.41) is 4.29. The van der Waals surface area contributed by atoms with Gasteiger partial charge in [0.1, 0.15) is 15.3 Å². The van der Waals surface area contributed by atoms with Gasteiger partial charge in [-0.1, -0.05) is 31.7 Å². The third kappa shape index (κ3) is 4.49. The second-order valence-electron chi connectivity index (χ2n) is 7.88. The second-order valence-corrected chi connectivity index (χ2v) is 9.82.